The predicted molar refractivity (Wildman–Crippen MR) is 112 cm³/mol. The maximum absolute atomic E-state index is 2.41. The molecule has 0 aliphatic rings. The fourth-order valence-electron chi connectivity index (χ4n) is 2.82. The molecule has 0 bridgehead atoms. The molecule has 0 N–H and O–H groups in total. The zero-order chi connectivity index (χ0) is 16.8. The number of rotatable bonds is 6. The molecule has 0 nitrogen and oxygen atoms in total. The molecule has 3 aromatic rings. The molecule has 0 aliphatic carbocycles. The lowest BCUT2D eigenvalue weighted by molar-refractivity contribution is 1.21. The summed E-state index contributed by atoms with van der Waals surface area (Å²) >= 11 is 0. The summed E-state index contributed by atoms with van der Waals surface area (Å²) in [4.78, 5) is 0. The first-order valence-electron chi connectivity index (χ1n) is 8.39. The first-order valence-corrected chi connectivity index (χ1v) is 10.8. The Morgan fingerprint density at radius 1 is 0.583 bits per heavy atom. The van der Waals surface area contributed by atoms with E-state index in [9.17, 15) is 0 Å². The first kappa shape index (κ1) is 17.3. The lowest BCUT2D eigenvalue weighted by Crippen LogP contribution is -1.98. The summed E-state index contributed by atoms with van der Waals surface area (Å²) in [7, 11) is 1.70. The second-order valence-corrected chi connectivity index (χ2v) is 8.71. The Bertz CT molecular complexity index is 711. The first-order chi connectivity index (χ1) is 11.7. The molecule has 2 atom stereocenters. The van der Waals surface area contributed by atoms with Gasteiger partial charge in [0.2, 0.25) is 0 Å². The summed E-state index contributed by atoms with van der Waals surface area (Å²) < 4.78 is 0. The Balaban J connectivity index is 1.67. The third-order valence-electron chi connectivity index (χ3n) is 4.31. The van der Waals surface area contributed by atoms with Crippen molar-refractivity contribution in [3.63, 3.8) is 0 Å². The Kier molecular flexibility index (Phi) is 6.19. The smallest absolute Gasteiger partial charge is 0.00575 e. The lowest BCUT2D eigenvalue weighted by Gasteiger charge is -2.13. The van der Waals surface area contributed by atoms with Crippen LogP contribution in [0, 0.1) is 13.8 Å². The summed E-state index contributed by atoms with van der Waals surface area (Å²) in [6.07, 6.45) is 2.30. The number of hydrogen-bond acceptors (Lipinski definition) is 0. The fourth-order valence-corrected chi connectivity index (χ4v) is 5.23. The number of aryl methyl sites for hydroxylation is 2. The van der Waals surface area contributed by atoms with Crippen molar-refractivity contribution in [3.05, 3.63) is 95.1 Å². The van der Waals surface area contributed by atoms with Crippen molar-refractivity contribution in [1.29, 1.82) is 0 Å². The monoisotopic (exact) mass is 350 g/mol. The minimum atomic E-state index is 0.852. The van der Waals surface area contributed by atoms with Gasteiger partial charge in [-0.05, 0) is 59.0 Å². The van der Waals surface area contributed by atoms with Gasteiger partial charge >= 0.3 is 0 Å². The van der Waals surface area contributed by atoms with Gasteiger partial charge in [-0.3, -0.25) is 0 Å². The van der Waals surface area contributed by atoms with Crippen LogP contribution in [-0.2, 0) is 12.3 Å². The van der Waals surface area contributed by atoms with E-state index in [-0.39, 0.29) is 0 Å². The fraction of sp³-hybridized carbons (Fsp3) is 0.182. The molecule has 3 rings (SSSR count). The van der Waals surface area contributed by atoms with Crippen molar-refractivity contribution in [1.82, 2.24) is 0 Å². The molecule has 0 fully saturated rings. The highest BCUT2D eigenvalue weighted by atomic mass is 31.1. The summed E-state index contributed by atoms with van der Waals surface area (Å²) in [6.45, 7) is 4.53. The molecule has 24 heavy (non-hydrogen) atoms. The second kappa shape index (κ2) is 8.57. The van der Waals surface area contributed by atoms with E-state index in [1.165, 1.54) is 32.9 Å². The van der Waals surface area contributed by atoms with Crippen LogP contribution in [0.2, 0.25) is 0 Å². The zero-order valence-corrected chi connectivity index (χ0v) is 16.3. The van der Waals surface area contributed by atoms with E-state index in [1.807, 2.05) is 0 Å². The van der Waals surface area contributed by atoms with Crippen LogP contribution in [0.3, 0.4) is 0 Å². The van der Waals surface area contributed by atoms with E-state index >= 15 is 0 Å². The Hall–Kier alpha value is -1.48. The van der Waals surface area contributed by atoms with E-state index < -0.39 is 0 Å². The van der Waals surface area contributed by atoms with Crippen LogP contribution in [0.15, 0.2) is 72.8 Å². The average molecular weight is 350 g/mol. The van der Waals surface area contributed by atoms with Gasteiger partial charge < -0.3 is 0 Å². The van der Waals surface area contributed by atoms with Crippen molar-refractivity contribution in [2.75, 3.05) is 0 Å². The molecule has 3 aromatic carbocycles. The van der Waals surface area contributed by atoms with Crippen molar-refractivity contribution in [2.45, 2.75) is 26.2 Å². The van der Waals surface area contributed by atoms with Crippen LogP contribution in [0.25, 0.3) is 0 Å². The maximum atomic E-state index is 2.41. The zero-order valence-electron chi connectivity index (χ0n) is 14.3. The average Bonchev–Trinajstić information content (AvgIpc) is 2.62. The van der Waals surface area contributed by atoms with Gasteiger partial charge in [0.05, 0.1) is 0 Å². The van der Waals surface area contributed by atoms with Gasteiger partial charge in [0.15, 0.2) is 0 Å². The number of hydrogen-bond donors (Lipinski definition) is 0. The normalized spacial score (nSPS) is 11.8. The van der Waals surface area contributed by atoms with E-state index in [0.29, 0.717) is 0 Å². The quantitative estimate of drug-likeness (QED) is 0.529. The van der Waals surface area contributed by atoms with Gasteiger partial charge in [-0.25, -0.2) is 0 Å². The third-order valence-corrected chi connectivity index (χ3v) is 6.91. The van der Waals surface area contributed by atoms with Gasteiger partial charge in [0.1, 0.15) is 0 Å². The van der Waals surface area contributed by atoms with Crippen LogP contribution in [0.1, 0.15) is 22.3 Å². The van der Waals surface area contributed by atoms with Crippen molar-refractivity contribution in [3.8, 4) is 0 Å². The van der Waals surface area contributed by atoms with Gasteiger partial charge in [0.25, 0.3) is 0 Å². The molecule has 2 heteroatoms. The maximum Gasteiger partial charge on any atom is -0.00575 e. The highest BCUT2D eigenvalue weighted by Gasteiger charge is 2.06. The van der Waals surface area contributed by atoms with Crippen LogP contribution in [-0.4, -0.2) is 0 Å². The summed E-state index contributed by atoms with van der Waals surface area (Å²) in [6, 6.07) is 26.5. The summed E-state index contributed by atoms with van der Waals surface area (Å²) in [5.74, 6) is 0. The SMILES string of the molecule is Cc1cc(CPc2ccccc2)c(C)cc1CPc1ccccc1. The van der Waals surface area contributed by atoms with Crippen molar-refractivity contribution >= 4 is 27.8 Å². The molecular formula is C22H24P2. The van der Waals surface area contributed by atoms with Gasteiger partial charge in [-0.15, -0.1) is 0 Å². The van der Waals surface area contributed by atoms with Crippen LogP contribution < -0.4 is 10.6 Å². The molecule has 0 radical (unpaired) electrons. The predicted octanol–water partition coefficient (Wildman–Crippen LogP) is 5.31. The molecule has 0 heterocycles. The van der Waals surface area contributed by atoms with Crippen LogP contribution in [0.4, 0.5) is 0 Å². The van der Waals surface area contributed by atoms with Crippen molar-refractivity contribution < 1.29 is 0 Å². The van der Waals surface area contributed by atoms with E-state index in [2.05, 4.69) is 86.6 Å². The number of benzene rings is 3. The second-order valence-electron chi connectivity index (χ2n) is 6.14. The van der Waals surface area contributed by atoms with E-state index in [1.54, 1.807) is 0 Å². The van der Waals surface area contributed by atoms with E-state index in [0.717, 1.165) is 29.5 Å². The Labute approximate surface area is 149 Å². The Morgan fingerprint density at radius 3 is 1.33 bits per heavy atom. The van der Waals surface area contributed by atoms with E-state index in [4.69, 9.17) is 0 Å². The van der Waals surface area contributed by atoms with Crippen LogP contribution >= 0.6 is 17.2 Å². The molecule has 0 saturated heterocycles. The molecule has 0 amide bonds. The molecule has 0 saturated carbocycles. The van der Waals surface area contributed by atoms with Gasteiger partial charge in [-0.1, -0.05) is 90.0 Å². The lowest BCUT2D eigenvalue weighted by atomic mass is 10.0. The van der Waals surface area contributed by atoms with Crippen molar-refractivity contribution in [2.24, 2.45) is 0 Å². The largest absolute Gasteiger partial charge is 0.0859 e. The topological polar surface area (TPSA) is 0 Å². The standard InChI is InChI=1S/C22H24P2/c1-17-13-20(16-24-22-11-7-4-8-12-22)18(2)14-19(17)15-23-21-9-5-3-6-10-21/h3-14,23-24H,15-16H2,1-2H3. The molecule has 0 aliphatic heterocycles. The minimum Gasteiger partial charge on any atom is -0.0859 e. The minimum absolute atomic E-state index is 0.852. The third kappa shape index (κ3) is 4.76. The van der Waals surface area contributed by atoms with Gasteiger partial charge in [-0.2, -0.15) is 0 Å². The molecule has 0 aromatic heterocycles. The Morgan fingerprint density at radius 2 is 0.958 bits per heavy atom. The highest BCUT2D eigenvalue weighted by molar-refractivity contribution is 7.46. The highest BCUT2D eigenvalue weighted by Crippen LogP contribution is 2.27. The molecule has 0 spiro atoms. The molecule has 2 unspecified atom stereocenters. The summed E-state index contributed by atoms with van der Waals surface area (Å²) in [5, 5.41) is 2.90. The van der Waals surface area contributed by atoms with Crippen LogP contribution in [0.5, 0.6) is 0 Å². The molecular weight excluding hydrogens is 326 g/mol. The van der Waals surface area contributed by atoms with Gasteiger partial charge in [0, 0.05) is 0 Å². The molecule has 122 valence electrons. The summed E-state index contributed by atoms with van der Waals surface area (Å²) in [5.41, 5.74) is 5.89.